The van der Waals surface area contributed by atoms with Crippen LogP contribution in [0.2, 0.25) is 0 Å². The molecule has 0 saturated heterocycles. The molecule has 108 valence electrons. The zero-order valence-corrected chi connectivity index (χ0v) is 12.1. The predicted octanol–water partition coefficient (Wildman–Crippen LogP) is 3.61. The molecule has 0 unspecified atom stereocenters. The molecule has 1 N–H and O–H groups in total. The molecule has 0 aliphatic heterocycles. The fraction of sp³-hybridized carbons (Fsp3) is 0. The second-order valence-electron chi connectivity index (χ2n) is 5.29. The van der Waals surface area contributed by atoms with E-state index >= 15 is 0 Å². The van der Waals surface area contributed by atoms with Gasteiger partial charge in [0, 0.05) is 16.3 Å². The second kappa shape index (κ2) is 5.08. The van der Waals surface area contributed by atoms with Crippen molar-refractivity contribution in [2.24, 2.45) is 0 Å². The number of aromatic nitrogens is 2. The normalized spacial score (nSPS) is 10.7. The smallest absolute Gasteiger partial charge is 0.305 e. The Morgan fingerprint density at radius 2 is 1.83 bits per heavy atom. The van der Waals surface area contributed by atoms with Crippen molar-refractivity contribution in [2.45, 2.75) is 0 Å². The molecule has 1 heterocycles. The third-order valence-corrected chi connectivity index (χ3v) is 3.89. The molecular formula is C19H11N3O. The number of benzene rings is 3. The summed E-state index contributed by atoms with van der Waals surface area (Å²) in [6.07, 6.45) is 0. The molecule has 0 aliphatic carbocycles. The molecule has 4 aromatic rings. The first-order chi connectivity index (χ1) is 11.3. The van der Waals surface area contributed by atoms with Gasteiger partial charge in [0.25, 0.3) is 0 Å². The van der Waals surface area contributed by atoms with Gasteiger partial charge in [-0.15, -0.1) is 0 Å². The molecule has 0 aliphatic rings. The zero-order valence-electron chi connectivity index (χ0n) is 12.1. The SMILES string of the molecule is N#Cc1cccc(-c2nc(=O)[nH]c3c2ccc2ccccc23)c1. The van der Waals surface area contributed by atoms with Crippen molar-refractivity contribution in [2.75, 3.05) is 0 Å². The molecule has 0 amide bonds. The van der Waals surface area contributed by atoms with E-state index in [0.717, 1.165) is 27.2 Å². The van der Waals surface area contributed by atoms with Crippen LogP contribution in [0.4, 0.5) is 0 Å². The van der Waals surface area contributed by atoms with Gasteiger partial charge in [-0.25, -0.2) is 4.79 Å². The second-order valence-corrected chi connectivity index (χ2v) is 5.29. The van der Waals surface area contributed by atoms with E-state index in [1.807, 2.05) is 42.5 Å². The van der Waals surface area contributed by atoms with Gasteiger partial charge in [-0.1, -0.05) is 48.5 Å². The van der Waals surface area contributed by atoms with Crippen molar-refractivity contribution < 1.29 is 0 Å². The molecule has 23 heavy (non-hydrogen) atoms. The molecule has 0 radical (unpaired) electrons. The third kappa shape index (κ3) is 2.16. The summed E-state index contributed by atoms with van der Waals surface area (Å²) in [5, 5.41) is 12.0. The zero-order chi connectivity index (χ0) is 15.8. The van der Waals surface area contributed by atoms with Gasteiger partial charge in [-0.2, -0.15) is 10.2 Å². The minimum absolute atomic E-state index is 0.397. The van der Waals surface area contributed by atoms with Crippen molar-refractivity contribution >= 4 is 21.7 Å². The highest BCUT2D eigenvalue weighted by Gasteiger charge is 2.10. The molecule has 0 spiro atoms. The van der Waals surface area contributed by atoms with Crippen LogP contribution >= 0.6 is 0 Å². The van der Waals surface area contributed by atoms with E-state index in [0.29, 0.717) is 11.3 Å². The Labute approximate surface area is 131 Å². The molecule has 0 atom stereocenters. The van der Waals surface area contributed by atoms with Gasteiger partial charge < -0.3 is 4.98 Å². The van der Waals surface area contributed by atoms with E-state index in [1.54, 1.807) is 18.2 Å². The van der Waals surface area contributed by atoms with Crippen LogP contribution in [-0.2, 0) is 0 Å². The maximum atomic E-state index is 12.0. The van der Waals surface area contributed by atoms with E-state index in [2.05, 4.69) is 16.0 Å². The summed E-state index contributed by atoms with van der Waals surface area (Å²) < 4.78 is 0. The molecule has 0 saturated carbocycles. The van der Waals surface area contributed by atoms with Crippen LogP contribution < -0.4 is 5.69 Å². The first kappa shape index (κ1) is 13.2. The number of nitrogens with one attached hydrogen (secondary N) is 1. The summed E-state index contributed by atoms with van der Waals surface area (Å²) in [6, 6.07) is 21.1. The van der Waals surface area contributed by atoms with Crippen LogP contribution in [0.5, 0.6) is 0 Å². The quantitative estimate of drug-likeness (QED) is 0.546. The highest BCUT2D eigenvalue weighted by atomic mass is 16.1. The van der Waals surface area contributed by atoms with Crippen molar-refractivity contribution in [3.63, 3.8) is 0 Å². The Morgan fingerprint density at radius 1 is 0.957 bits per heavy atom. The van der Waals surface area contributed by atoms with Crippen molar-refractivity contribution in [1.29, 1.82) is 5.26 Å². The molecule has 3 aromatic carbocycles. The van der Waals surface area contributed by atoms with Gasteiger partial charge in [-0.05, 0) is 17.5 Å². The Morgan fingerprint density at radius 3 is 2.70 bits per heavy atom. The number of H-pyrrole nitrogens is 1. The molecule has 4 rings (SSSR count). The van der Waals surface area contributed by atoms with E-state index in [9.17, 15) is 4.79 Å². The van der Waals surface area contributed by atoms with Gasteiger partial charge in [0.1, 0.15) is 0 Å². The summed E-state index contributed by atoms with van der Waals surface area (Å²) in [4.78, 5) is 19.0. The van der Waals surface area contributed by atoms with E-state index in [1.165, 1.54) is 0 Å². The third-order valence-electron chi connectivity index (χ3n) is 3.89. The standard InChI is InChI=1S/C19H11N3O/c20-11-12-4-3-6-14(10-12)17-16-9-8-13-5-1-2-7-15(13)18(16)22-19(23)21-17/h1-10H,(H,21,22,23). The first-order valence-electron chi connectivity index (χ1n) is 7.18. The summed E-state index contributed by atoms with van der Waals surface area (Å²) >= 11 is 0. The monoisotopic (exact) mass is 297 g/mol. The molecule has 0 bridgehead atoms. The molecule has 1 aromatic heterocycles. The number of aromatic amines is 1. The van der Waals surface area contributed by atoms with Gasteiger partial charge in [0.15, 0.2) is 0 Å². The average molecular weight is 297 g/mol. The van der Waals surface area contributed by atoms with E-state index < -0.39 is 5.69 Å². The minimum Gasteiger partial charge on any atom is -0.305 e. The fourth-order valence-corrected chi connectivity index (χ4v) is 2.86. The van der Waals surface area contributed by atoms with Crippen LogP contribution in [0.1, 0.15) is 5.56 Å². The highest BCUT2D eigenvalue weighted by molar-refractivity contribution is 6.08. The van der Waals surface area contributed by atoms with Crippen molar-refractivity contribution in [3.8, 4) is 17.3 Å². The lowest BCUT2D eigenvalue weighted by molar-refractivity contribution is 1.13. The first-order valence-corrected chi connectivity index (χ1v) is 7.18. The molecule has 4 nitrogen and oxygen atoms in total. The Kier molecular flexibility index (Phi) is 2.92. The average Bonchev–Trinajstić information content (AvgIpc) is 2.61. The Hall–Kier alpha value is -3.45. The van der Waals surface area contributed by atoms with Crippen LogP contribution in [0, 0.1) is 11.3 Å². The number of rotatable bonds is 1. The maximum Gasteiger partial charge on any atom is 0.345 e. The van der Waals surface area contributed by atoms with E-state index in [-0.39, 0.29) is 0 Å². The van der Waals surface area contributed by atoms with Crippen LogP contribution in [-0.4, -0.2) is 9.97 Å². The predicted molar refractivity (Wildman–Crippen MR) is 90.0 cm³/mol. The summed E-state index contributed by atoms with van der Waals surface area (Å²) in [6.45, 7) is 0. The Bertz CT molecular complexity index is 1150. The summed E-state index contributed by atoms with van der Waals surface area (Å²) in [5.41, 5.74) is 2.26. The number of fused-ring (bicyclic) bond motifs is 3. The Balaban J connectivity index is 2.13. The highest BCUT2D eigenvalue weighted by Crippen LogP contribution is 2.29. The lowest BCUT2D eigenvalue weighted by atomic mass is 10.0. The summed E-state index contributed by atoms with van der Waals surface area (Å²) in [7, 11) is 0. The lowest BCUT2D eigenvalue weighted by Gasteiger charge is -2.08. The topological polar surface area (TPSA) is 69.5 Å². The molecular weight excluding hydrogens is 286 g/mol. The lowest BCUT2D eigenvalue weighted by Crippen LogP contribution is -2.11. The minimum atomic E-state index is -0.397. The number of nitrogens with zero attached hydrogens (tertiary/aromatic N) is 2. The number of nitriles is 1. The largest absolute Gasteiger partial charge is 0.345 e. The van der Waals surface area contributed by atoms with Gasteiger partial charge >= 0.3 is 5.69 Å². The van der Waals surface area contributed by atoms with E-state index in [4.69, 9.17) is 5.26 Å². The van der Waals surface area contributed by atoms with Gasteiger partial charge in [-0.3, -0.25) is 0 Å². The van der Waals surface area contributed by atoms with Crippen LogP contribution in [0.3, 0.4) is 0 Å². The number of hydrogen-bond acceptors (Lipinski definition) is 3. The van der Waals surface area contributed by atoms with Gasteiger partial charge in [0.2, 0.25) is 0 Å². The molecule has 0 fully saturated rings. The van der Waals surface area contributed by atoms with Crippen LogP contribution in [0.25, 0.3) is 32.9 Å². The van der Waals surface area contributed by atoms with Crippen molar-refractivity contribution in [1.82, 2.24) is 9.97 Å². The number of hydrogen-bond donors (Lipinski definition) is 1. The van der Waals surface area contributed by atoms with Crippen LogP contribution in [0.15, 0.2) is 65.5 Å². The fourth-order valence-electron chi connectivity index (χ4n) is 2.86. The van der Waals surface area contributed by atoms with Gasteiger partial charge in [0.05, 0.1) is 22.8 Å². The maximum absolute atomic E-state index is 12.0. The summed E-state index contributed by atoms with van der Waals surface area (Å²) in [5.74, 6) is 0. The molecule has 4 heteroatoms. The van der Waals surface area contributed by atoms with Crippen molar-refractivity contribution in [3.05, 3.63) is 76.7 Å².